The Kier molecular flexibility index (Phi) is 4.21. The fraction of sp³-hybridized carbons (Fsp3) is 0.562. The molecule has 1 amide bonds. The first-order chi connectivity index (χ1) is 9.83. The Bertz CT molecular complexity index is 445. The van der Waals surface area contributed by atoms with Crippen LogP contribution in [0.3, 0.4) is 0 Å². The summed E-state index contributed by atoms with van der Waals surface area (Å²) in [7, 11) is 0. The molecule has 1 aliphatic heterocycles. The van der Waals surface area contributed by atoms with Gasteiger partial charge in [-0.05, 0) is 31.4 Å². The standard InChI is InChI=1S/C16H22N2O2/c19-16(13-6-7-13)17-9-8-15-12-18(10-11-20-15)14-4-2-1-3-5-14/h1-5,13,15H,6-12H2,(H,17,19). The highest BCUT2D eigenvalue weighted by Gasteiger charge is 2.29. The summed E-state index contributed by atoms with van der Waals surface area (Å²) in [5.74, 6) is 0.517. The van der Waals surface area contributed by atoms with Crippen LogP contribution < -0.4 is 10.2 Å². The van der Waals surface area contributed by atoms with Crippen LogP contribution >= 0.6 is 0 Å². The fourth-order valence-electron chi connectivity index (χ4n) is 2.61. The maximum absolute atomic E-state index is 11.6. The number of para-hydroxylation sites is 1. The zero-order chi connectivity index (χ0) is 13.8. The molecule has 2 aliphatic rings. The molecule has 1 aromatic carbocycles. The minimum absolute atomic E-state index is 0.212. The van der Waals surface area contributed by atoms with Crippen LogP contribution in [0.2, 0.25) is 0 Å². The van der Waals surface area contributed by atoms with E-state index in [-0.39, 0.29) is 12.0 Å². The number of hydrogen-bond acceptors (Lipinski definition) is 3. The van der Waals surface area contributed by atoms with E-state index in [1.807, 2.05) is 6.07 Å². The topological polar surface area (TPSA) is 41.6 Å². The van der Waals surface area contributed by atoms with E-state index in [9.17, 15) is 4.79 Å². The van der Waals surface area contributed by atoms with Gasteiger partial charge in [-0.3, -0.25) is 4.79 Å². The molecule has 1 atom stereocenters. The maximum Gasteiger partial charge on any atom is 0.223 e. The number of anilines is 1. The van der Waals surface area contributed by atoms with Crippen molar-refractivity contribution >= 4 is 11.6 Å². The largest absolute Gasteiger partial charge is 0.374 e. The highest BCUT2D eigenvalue weighted by atomic mass is 16.5. The number of nitrogens with zero attached hydrogens (tertiary/aromatic N) is 1. The molecule has 2 fully saturated rings. The van der Waals surface area contributed by atoms with Gasteiger partial charge < -0.3 is 15.0 Å². The summed E-state index contributed by atoms with van der Waals surface area (Å²) >= 11 is 0. The van der Waals surface area contributed by atoms with Gasteiger partial charge in [-0.2, -0.15) is 0 Å². The zero-order valence-electron chi connectivity index (χ0n) is 11.8. The third-order valence-electron chi connectivity index (χ3n) is 3.97. The molecule has 3 rings (SSSR count). The lowest BCUT2D eigenvalue weighted by molar-refractivity contribution is -0.122. The minimum atomic E-state index is 0.212. The van der Waals surface area contributed by atoms with E-state index < -0.39 is 0 Å². The van der Waals surface area contributed by atoms with E-state index in [2.05, 4.69) is 34.5 Å². The summed E-state index contributed by atoms with van der Waals surface area (Å²) in [5.41, 5.74) is 1.25. The van der Waals surface area contributed by atoms with Gasteiger partial charge in [0, 0.05) is 31.2 Å². The van der Waals surface area contributed by atoms with Crippen molar-refractivity contribution in [2.24, 2.45) is 5.92 Å². The van der Waals surface area contributed by atoms with Crippen LogP contribution in [0.15, 0.2) is 30.3 Å². The van der Waals surface area contributed by atoms with Crippen molar-refractivity contribution in [3.8, 4) is 0 Å². The molecule has 1 aromatic rings. The van der Waals surface area contributed by atoms with Crippen LogP contribution in [0, 0.1) is 5.92 Å². The van der Waals surface area contributed by atoms with E-state index >= 15 is 0 Å². The molecule has 1 saturated heterocycles. The first-order valence-corrected chi connectivity index (χ1v) is 7.52. The number of ether oxygens (including phenoxy) is 1. The summed E-state index contributed by atoms with van der Waals surface area (Å²) in [6, 6.07) is 10.4. The number of amides is 1. The second-order valence-corrected chi connectivity index (χ2v) is 5.63. The maximum atomic E-state index is 11.6. The van der Waals surface area contributed by atoms with Gasteiger partial charge in [0.15, 0.2) is 0 Å². The molecule has 0 radical (unpaired) electrons. The van der Waals surface area contributed by atoms with Gasteiger partial charge in [0.25, 0.3) is 0 Å². The van der Waals surface area contributed by atoms with Crippen molar-refractivity contribution in [3.63, 3.8) is 0 Å². The monoisotopic (exact) mass is 274 g/mol. The molecule has 1 saturated carbocycles. The summed E-state index contributed by atoms with van der Waals surface area (Å²) in [5, 5.41) is 3.01. The number of nitrogens with one attached hydrogen (secondary N) is 1. The predicted molar refractivity (Wildman–Crippen MR) is 78.7 cm³/mol. The molecule has 1 N–H and O–H groups in total. The van der Waals surface area contributed by atoms with Gasteiger partial charge in [0.1, 0.15) is 0 Å². The molecule has 0 aromatic heterocycles. The predicted octanol–water partition coefficient (Wildman–Crippen LogP) is 1.81. The number of carbonyl (C=O) groups is 1. The van der Waals surface area contributed by atoms with E-state index in [0.717, 1.165) is 45.5 Å². The molecule has 1 aliphatic carbocycles. The molecular formula is C16H22N2O2. The molecule has 20 heavy (non-hydrogen) atoms. The Morgan fingerprint density at radius 3 is 2.85 bits per heavy atom. The van der Waals surface area contributed by atoms with Crippen LogP contribution in [-0.4, -0.2) is 38.3 Å². The van der Waals surface area contributed by atoms with Crippen molar-refractivity contribution in [2.75, 3.05) is 31.1 Å². The molecule has 108 valence electrons. The Morgan fingerprint density at radius 1 is 1.30 bits per heavy atom. The lowest BCUT2D eigenvalue weighted by Crippen LogP contribution is -2.44. The zero-order valence-corrected chi connectivity index (χ0v) is 11.8. The quantitative estimate of drug-likeness (QED) is 0.890. The highest BCUT2D eigenvalue weighted by Crippen LogP contribution is 2.28. The number of benzene rings is 1. The van der Waals surface area contributed by atoms with Crippen LogP contribution in [-0.2, 0) is 9.53 Å². The minimum Gasteiger partial charge on any atom is -0.374 e. The van der Waals surface area contributed by atoms with Crippen molar-refractivity contribution < 1.29 is 9.53 Å². The van der Waals surface area contributed by atoms with Crippen LogP contribution in [0.25, 0.3) is 0 Å². The number of carbonyl (C=O) groups excluding carboxylic acids is 1. The second-order valence-electron chi connectivity index (χ2n) is 5.63. The Morgan fingerprint density at radius 2 is 2.10 bits per heavy atom. The summed E-state index contributed by atoms with van der Waals surface area (Å²) in [4.78, 5) is 13.9. The van der Waals surface area contributed by atoms with E-state index in [1.54, 1.807) is 0 Å². The van der Waals surface area contributed by atoms with Crippen LogP contribution in [0.1, 0.15) is 19.3 Å². The molecule has 1 unspecified atom stereocenters. The van der Waals surface area contributed by atoms with Crippen molar-refractivity contribution in [1.29, 1.82) is 0 Å². The lowest BCUT2D eigenvalue weighted by atomic mass is 10.2. The van der Waals surface area contributed by atoms with Crippen LogP contribution in [0.4, 0.5) is 5.69 Å². The molecular weight excluding hydrogens is 252 g/mol. The van der Waals surface area contributed by atoms with Crippen LogP contribution in [0.5, 0.6) is 0 Å². The molecule has 0 bridgehead atoms. The molecule has 0 spiro atoms. The molecule has 4 nitrogen and oxygen atoms in total. The Labute approximate surface area is 120 Å². The first kappa shape index (κ1) is 13.4. The lowest BCUT2D eigenvalue weighted by Gasteiger charge is -2.34. The summed E-state index contributed by atoms with van der Waals surface area (Å²) in [6.07, 6.45) is 3.23. The highest BCUT2D eigenvalue weighted by molar-refractivity contribution is 5.80. The second kappa shape index (κ2) is 6.27. The van der Waals surface area contributed by atoms with E-state index in [0.29, 0.717) is 5.92 Å². The smallest absolute Gasteiger partial charge is 0.223 e. The van der Waals surface area contributed by atoms with Crippen molar-refractivity contribution in [3.05, 3.63) is 30.3 Å². The third-order valence-corrected chi connectivity index (χ3v) is 3.97. The van der Waals surface area contributed by atoms with Gasteiger partial charge in [-0.15, -0.1) is 0 Å². The fourth-order valence-corrected chi connectivity index (χ4v) is 2.61. The normalized spacial score (nSPS) is 22.6. The summed E-state index contributed by atoms with van der Waals surface area (Å²) < 4.78 is 5.79. The van der Waals surface area contributed by atoms with Gasteiger partial charge in [-0.25, -0.2) is 0 Å². The van der Waals surface area contributed by atoms with E-state index in [1.165, 1.54) is 5.69 Å². The van der Waals surface area contributed by atoms with Crippen molar-refractivity contribution in [1.82, 2.24) is 5.32 Å². The average molecular weight is 274 g/mol. The number of hydrogen-bond donors (Lipinski definition) is 1. The first-order valence-electron chi connectivity index (χ1n) is 7.52. The van der Waals surface area contributed by atoms with Gasteiger partial charge in [0.2, 0.25) is 5.91 Å². The molecule has 4 heteroatoms. The molecule has 1 heterocycles. The van der Waals surface area contributed by atoms with Crippen molar-refractivity contribution in [2.45, 2.75) is 25.4 Å². The number of rotatable bonds is 5. The Balaban J connectivity index is 1.44. The van der Waals surface area contributed by atoms with E-state index in [4.69, 9.17) is 4.74 Å². The number of morpholine rings is 1. The SMILES string of the molecule is O=C(NCCC1CN(c2ccccc2)CCO1)C1CC1. The van der Waals surface area contributed by atoms with Gasteiger partial charge in [0.05, 0.1) is 12.7 Å². The van der Waals surface area contributed by atoms with Gasteiger partial charge in [-0.1, -0.05) is 18.2 Å². The van der Waals surface area contributed by atoms with Gasteiger partial charge >= 0.3 is 0 Å². The Hall–Kier alpha value is -1.55. The third kappa shape index (κ3) is 3.51. The summed E-state index contributed by atoms with van der Waals surface area (Å²) in [6.45, 7) is 3.33. The average Bonchev–Trinajstić information content (AvgIpc) is 3.33.